The number of aromatic nitrogens is 3. The Morgan fingerprint density at radius 1 is 1.03 bits per heavy atom. The molecule has 0 spiro atoms. The molecule has 0 atom stereocenters. The van der Waals surface area contributed by atoms with Gasteiger partial charge < -0.3 is 18.9 Å². The van der Waals surface area contributed by atoms with Gasteiger partial charge in [0.1, 0.15) is 23.0 Å². The summed E-state index contributed by atoms with van der Waals surface area (Å²) in [4.78, 5) is 0. The van der Waals surface area contributed by atoms with E-state index in [0.29, 0.717) is 40.0 Å². The first kappa shape index (κ1) is 20.4. The Kier molecular flexibility index (Phi) is 6.50. The maximum atomic E-state index is 5.48. The second-order valence-electron chi connectivity index (χ2n) is 5.81. The third-order valence-electron chi connectivity index (χ3n) is 4.13. The molecule has 3 rings (SSSR count). The maximum absolute atomic E-state index is 5.48. The van der Waals surface area contributed by atoms with Crippen LogP contribution in [0.3, 0.4) is 0 Å². The van der Waals surface area contributed by atoms with E-state index < -0.39 is 0 Å². The van der Waals surface area contributed by atoms with Gasteiger partial charge in [0.25, 0.3) is 0 Å². The lowest BCUT2D eigenvalue weighted by atomic mass is 10.2. The average molecular weight is 414 g/mol. The summed E-state index contributed by atoms with van der Waals surface area (Å²) in [6.07, 6.45) is 1.61. The van der Waals surface area contributed by atoms with Gasteiger partial charge in [-0.2, -0.15) is 14.9 Å². The van der Waals surface area contributed by atoms with Gasteiger partial charge in [0.15, 0.2) is 5.82 Å². The summed E-state index contributed by atoms with van der Waals surface area (Å²) in [6, 6.07) is 11.1. The first-order valence-corrected chi connectivity index (χ1v) is 9.27. The van der Waals surface area contributed by atoms with Crippen molar-refractivity contribution < 1.29 is 18.9 Å². The second-order valence-corrected chi connectivity index (χ2v) is 6.20. The number of rotatable bonds is 8. The number of nitrogens with zero attached hydrogens (tertiary/aromatic N) is 3. The van der Waals surface area contributed by atoms with Crippen LogP contribution in [0.4, 0.5) is 0 Å². The van der Waals surface area contributed by atoms with Gasteiger partial charge in [0.2, 0.25) is 4.77 Å². The molecule has 9 heteroatoms. The van der Waals surface area contributed by atoms with E-state index in [-0.39, 0.29) is 0 Å². The normalized spacial score (nSPS) is 10.9. The van der Waals surface area contributed by atoms with E-state index in [9.17, 15) is 0 Å². The summed E-state index contributed by atoms with van der Waals surface area (Å²) >= 11 is 5.34. The number of aromatic amines is 1. The topological polar surface area (TPSA) is 82.9 Å². The SMILES string of the molecule is CCOc1ccc(-c2n[nH]c(=S)n2N=Cc2c(OC)cc(OC)cc2OC)cc1. The van der Waals surface area contributed by atoms with Crippen molar-refractivity contribution in [3.63, 3.8) is 0 Å². The number of hydrogen-bond donors (Lipinski definition) is 1. The minimum atomic E-state index is 0.358. The fourth-order valence-electron chi connectivity index (χ4n) is 2.73. The summed E-state index contributed by atoms with van der Waals surface area (Å²) in [5.74, 6) is 3.09. The highest BCUT2D eigenvalue weighted by Gasteiger charge is 2.13. The molecule has 0 aliphatic heterocycles. The molecular weight excluding hydrogens is 392 g/mol. The number of nitrogens with one attached hydrogen (secondary N) is 1. The van der Waals surface area contributed by atoms with Gasteiger partial charge in [0, 0.05) is 17.7 Å². The van der Waals surface area contributed by atoms with Gasteiger partial charge in [-0.3, -0.25) is 0 Å². The third kappa shape index (κ3) is 4.40. The molecule has 0 radical (unpaired) electrons. The zero-order valence-corrected chi connectivity index (χ0v) is 17.4. The molecule has 8 nitrogen and oxygen atoms in total. The number of H-pyrrole nitrogens is 1. The van der Waals surface area contributed by atoms with Gasteiger partial charge in [-0.25, -0.2) is 5.10 Å². The molecule has 0 aliphatic carbocycles. The Hall–Kier alpha value is -3.33. The van der Waals surface area contributed by atoms with Crippen LogP contribution in [-0.4, -0.2) is 49.0 Å². The number of methoxy groups -OCH3 is 3. The van der Waals surface area contributed by atoms with Crippen LogP contribution in [-0.2, 0) is 0 Å². The van der Waals surface area contributed by atoms with E-state index in [1.807, 2.05) is 31.2 Å². The Labute approximate surface area is 173 Å². The molecule has 0 bridgehead atoms. The van der Waals surface area contributed by atoms with Crippen LogP contribution in [0, 0.1) is 4.77 Å². The van der Waals surface area contributed by atoms with Crippen LogP contribution in [0.5, 0.6) is 23.0 Å². The van der Waals surface area contributed by atoms with Crippen molar-refractivity contribution >= 4 is 18.4 Å². The van der Waals surface area contributed by atoms with Crippen molar-refractivity contribution in [3.8, 4) is 34.4 Å². The van der Waals surface area contributed by atoms with Crippen LogP contribution < -0.4 is 18.9 Å². The van der Waals surface area contributed by atoms with E-state index in [1.54, 1.807) is 39.7 Å². The first-order valence-electron chi connectivity index (χ1n) is 8.86. The molecule has 152 valence electrons. The summed E-state index contributed by atoms with van der Waals surface area (Å²) in [6.45, 7) is 2.55. The molecule has 3 aromatic rings. The summed E-state index contributed by atoms with van der Waals surface area (Å²) in [7, 11) is 4.72. The Balaban J connectivity index is 2.01. The lowest BCUT2D eigenvalue weighted by Crippen LogP contribution is -2.00. The van der Waals surface area contributed by atoms with Crippen LogP contribution in [0.2, 0.25) is 0 Å². The smallest absolute Gasteiger partial charge is 0.216 e. The number of hydrogen-bond acceptors (Lipinski definition) is 7. The highest BCUT2D eigenvalue weighted by Crippen LogP contribution is 2.32. The van der Waals surface area contributed by atoms with Crippen molar-refractivity contribution in [2.75, 3.05) is 27.9 Å². The molecule has 0 amide bonds. The first-order chi connectivity index (χ1) is 14.1. The summed E-state index contributed by atoms with van der Waals surface area (Å²) < 4.78 is 23.6. The van der Waals surface area contributed by atoms with Gasteiger partial charge in [-0.1, -0.05) is 0 Å². The number of ether oxygens (including phenoxy) is 4. The predicted molar refractivity (Wildman–Crippen MR) is 113 cm³/mol. The number of benzene rings is 2. The van der Waals surface area contributed by atoms with Crippen molar-refractivity contribution in [1.29, 1.82) is 0 Å². The Bertz CT molecular complexity index is 1030. The molecule has 0 saturated heterocycles. The fourth-order valence-corrected chi connectivity index (χ4v) is 2.91. The van der Waals surface area contributed by atoms with Crippen molar-refractivity contribution in [3.05, 3.63) is 46.7 Å². The molecule has 1 N–H and O–H groups in total. The van der Waals surface area contributed by atoms with Crippen LogP contribution in [0.1, 0.15) is 12.5 Å². The van der Waals surface area contributed by atoms with Gasteiger partial charge >= 0.3 is 0 Å². The van der Waals surface area contributed by atoms with E-state index in [0.717, 1.165) is 11.3 Å². The van der Waals surface area contributed by atoms with Gasteiger partial charge in [0.05, 0.1) is 39.7 Å². The lowest BCUT2D eigenvalue weighted by molar-refractivity contribution is 0.340. The van der Waals surface area contributed by atoms with Gasteiger partial charge in [-0.15, -0.1) is 0 Å². The standard InChI is InChI=1S/C20H22N4O4S/c1-5-28-14-8-6-13(7-9-14)19-22-23-20(29)24(19)21-12-16-17(26-3)10-15(25-2)11-18(16)27-4/h6-12H,5H2,1-4H3,(H,23,29). The molecular formula is C20H22N4O4S. The predicted octanol–water partition coefficient (Wildman–Crippen LogP) is 3.91. The van der Waals surface area contributed by atoms with Crippen molar-refractivity contribution in [2.45, 2.75) is 6.92 Å². The van der Waals surface area contributed by atoms with Crippen LogP contribution in [0.15, 0.2) is 41.5 Å². The third-order valence-corrected chi connectivity index (χ3v) is 4.39. The van der Waals surface area contributed by atoms with Crippen molar-refractivity contribution in [2.24, 2.45) is 5.10 Å². The van der Waals surface area contributed by atoms with E-state index in [2.05, 4.69) is 15.3 Å². The van der Waals surface area contributed by atoms with E-state index in [1.165, 1.54) is 4.68 Å². The van der Waals surface area contributed by atoms with Crippen LogP contribution in [0.25, 0.3) is 11.4 Å². The summed E-state index contributed by atoms with van der Waals surface area (Å²) in [5.41, 5.74) is 1.49. The molecule has 0 saturated carbocycles. The zero-order valence-electron chi connectivity index (χ0n) is 16.6. The molecule has 0 unspecified atom stereocenters. The monoisotopic (exact) mass is 414 g/mol. The highest BCUT2D eigenvalue weighted by atomic mass is 32.1. The maximum Gasteiger partial charge on any atom is 0.216 e. The molecule has 2 aromatic carbocycles. The Morgan fingerprint density at radius 3 is 2.24 bits per heavy atom. The molecule has 29 heavy (non-hydrogen) atoms. The molecule has 1 aromatic heterocycles. The minimum Gasteiger partial charge on any atom is -0.496 e. The van der Waals surface area contributed by atoms with Crippen LogP contribution >= 0.6 is 12.2 Å². The largest absolute Gasteiger partial charge is 0.496 e. The van der Waals surface area contributed by atoms with E-state index >= 15 is 0 Å². The summed E-state index contributed by atoms with van der Waals surface area (Å²) in [5, 5.41) is 11.6. The average Bonchev–Trinajstić information content (AvgIpc) is 3.12. The molecule has 0 fully saturated rings. The molecule has 0 aliphatic rings. The van der Waals surface area contributed by atoms with Gasteiger partial charge in [-0.05, 0) is 43.4 Å². The second kappa shape index (κ2) is 9.24. The van der Waals surface area contributed by atoms with E-state index in [4.69, 9.17) is 31.2 Å². The van der Waals surface area contributed by atoms with Crippen molar-refractivity contribution in [1.82, 2.24) is 14.9 Å². The molecule has 1 heterocycles. The highest BCUT2D eigenvalue weighted by molar-refractivity contribution is 7.71. The lowest BCUT2D eigenvalue weighted by Gasteiger charge is -2.12. The minimum absolute atomic E-state index is 0.358. The Morgan fingerprint density at radius 2 is 1.69 bits per heavy atom. The zero-order chi connectivity index (χ0) is 20.8. The fraction of sp³-hybridized carbons (Fsp3) is 0.250. The quantitative estimate of drug-likeness (QED) is 0.444.